The summed E-state index contributed by atoms with van der Waals surface area (Å²) >= 11 is 7.08. The number of halogens is 1. The van der Waals surface area contributed by atoms with E-state index < -0.39 is 10.8 Å². The van der Waals surface area contributed by atoms with Gasteiger partial charge in [-0.25, -0.2) is 4.98 Å². The number of benzene rings is 2. The van der Waals surface area contributed by atoms with Gasteiger partial charge in [0.2, 0.25) is 0 Å². The number of hydrogen-bond acceptors (Lipinski definition) is 5. The van der Waals surface area contributed by atoms with Crippen molar-refractivity contribution in [1.82, 2.24) is 4.98 Å². The van der Waals surface area contributed by atoms with Crippen molar-refractivity contribution in [2.45, 2.75) is 20.8 Å². The van der Waals surface area contributed by atoms with Crippen LogP contribution in [0.25, 0.3) is 11.3 Å². The van der Waals surface area contributed by atoms with Crippen LogP contribution in [0.5, 0.6) is 0 Å². The van der Waals surface area contributed by atoms with Crippen LogP contribution >= 0.6 is 22.9 Å². The Labute approximate surface area is 165 Å². The molecule has 2 aromatic carbocycles. The molecule has 0 atom stereocenters. The van der Waals surface area contributed by atoms with Crippen molar-refractivity contribution >= 4 is 39.7 Å². The third kappa shape index (κ3) is 3.99. The summed E-state index contributed by atoms with van der Waals surface area (Å²) in [6.45, 7) is 6.12. The number of nitrogens with zero attached hydrogens (tertiary/aromatic N) is 2. The van der Waals surface area contributed by atoms with Crippen LogP contribution in [-0.4, -0.2) is 15.8 Å². The molecule has 0 spiro atoms. The van der Waals surface area contributed by atoms with Crippen molar-refractivity contribution < 1.29 is 9.72 Å². The summed E-state index contributed by atoms with van der Waals surface area (Å²) < 4.78 is 0. The van der Waals surface area contributed by atoms with E-state index in [1.807, 2.05) is 19.2 Å². The van der Waals surface area contributed by atoms with Gasteiger partial charge in [0, 0.05) is 22.6 Å². The molecule has 1 amide bonds. The first-order valence-corrected chi connectivity index (χ1v) is 9.31. The van der Waals surface area contributed by atoms with Crippen LogP contribution in [-0.2, 0) is 0 Å². The fourth-order valence-electron chi connectivity index (χ4n) is 2.65. The Hall–Kier alpha value is -2.77. The van der Waals surface area contributed by atoms with Gasteiger partial charge in [-0.3, -0.25) is 20.2 Å². The lowest BCUT2D eigenvalue weighted by atomic mass is 9.99. The number of thiazole rings is 1. The SMILES string of the molecule is Cc1cc(C)c(-c2csc(NC(=O)c3ccc(Cl)c([N+](=O)[O-])c3)n2)cc1C. The van der Waals surface area contributed by atoms with E-state index in [4.69, 9.17) is 11.6 Å². The third-order valence-corrected chi connectivity index (χ3v) is 5.32. The van der Waals surface area contributed by atoms with Crippen LogP contribution < -0.4 is 5.32 Å². The maximum Gasteiger partial charge on any atom is 0.288 e. The maximum absolute atomic E-state index is 12.4. The number of nitro benzene ring substituents is 1. The lowest BCUT2D eigenvalue weighted by Gasteiger charge is -2.07. The highest BCUT2D eigenvalue weighted by molar-refractivity contribution is 7.14. The van der Waals surface area contributed by atoms with Crippen LogP contribution in [0.15, 0.2) is 35.7 Å². The van der Waals surface area contributed by atoms with Crippen molar-refractivity contribution in [2.24, 2.45) is 0 Å². The van der Waals surface area contributed by atoms with E-state index in [2.05, 4.69) is 29.4 Å². The minimum atomic E-state index is -0.622. The molecule has 1 heterocycles. The molecule has 6 nitrogen and oxygen atoms in total. The number of rotatable bonds is 4. The fraction of sp³-hybridized carbons (Fsp3) is 0.158. The molecule has 0 aliphatic rings. The van der Waals surface area contributed by atoms with E-state index in [0.717, 1.165) is 22.9 Å². The van der Waals surface area contributed by atoms with E-state index in [9.17, 15) is 14.9 Å². The minimum absolute atomic E-state index is 0.0155. The molecular formula is C19H16ClN3O3S. The largest absolute Gasteiger partial charge is 0.298 e. The average Bonchev–Trinajstić information content (AvgIpc) is 3.06. The topological polar surface area (TPSA) is 85.1 Å². The van der Waals surface area contributed by atoms with Crippen molar-refractivity contribution in [3.63, 3.8) is 0 Å². The van der Waals surface area contributed by atoms with Crippen molar-refractivity contribution in [3.05, 3.63) is 73.1 Å². The molecule has 0 unspecified atom stereocenters. The summed E-state index contributed by atoms with van der Waals surface area (Å²) in [5.74, 6) is -0.479. The zero-order chi connectivity index (χ0) is 19.7. The van der Waals surface area contributed by atoms with E-state index in [1.165, 1.54) is 34.6 Å². The van der Waals surface area contributed by atoms with Crippen molar-refractivity contribution in [3.8, 4) is 11.3 Å². The Morgan fingerprint density at radius 2 is 1.85 bits per heavy atom. The molecule has 0 aliphatic carbocycles. The quantitative estimate of drug-likeness (QED) is 0.458. The standard InChI is InChI=1S/C19H16ClN3O3S/c1-10-6-12(3)14(7-11(10)2)16-9-27-19(21-16)22-18(24)13-4-5-15(20)17(8-13)23(25)26/h4-9H,1-3H3,(H,21,22,24). The second-order valence-corrected chi connectivity index (χ2v) is 7.43. The normalized spacial score (nSPS) is 10.7. The minimum Gasteiger partial charge on any atom is -0.298 e. The van der Waals surface area contributed by atoms with E-state index in [-0.39, 0.29) is 16.3 Å². The Morgan fingerprint density at radius 3 is 2.56 bits per heavy atom. The van der Waals surface area contributed by atoms with E-state index in [0.29, 0.717) is 5.13 Å². The second kappa shape index (κ2) is 7.46. The molecule has 3 rings (SSSR count). The molecule has 27 heavy (non-hydrogen) atoms. The molecule has 0 saturated carbocycles. The summed E-state index contributed by atoms with van der Waals surface area (Å²) in [6, 6.07) is 8.11. The van der Waals surface area contributed by atoms with Crippen molar-refractivity contribution in [1.29, 1.82) is 0 Å². The van der Waals surface area contributed by atoms with Crippen LogP contribution in [0.1, 0.15) is 27.0 Å². The lowest BCUT2D eigenvalue weighted by Crippen LogP contribution is -2.12. The monoisotopic (exact) mass is 401 g/mol. The Morgan fingerprint density at radius 1 is 1.15 bits per heavy atom. The molecule has 138 valence electrons. The summed E-state index contributed by atoms with van der Waals surface area (Å²) in [4.78, 5) is 27.2. The van der Waals surface area contributed by atoms with Crippen LogP contribution in [0.4, 0.5) is 10.8 Å². The van der Waals surface area contributed by atoms with Crippen LogP contribution in [0, 0.1) is 30.9 Å². The van der Waals surface area contributed by atoms with Gasteiger partial charge in [-0.05, 0) is 55.7 Å². The highest BCUT2D eigenvalue weighted by Crippen LogP contribution is 2.30. The molecular weight excluding hydrogens is 386 g/mol. The maximum atomic E-state index is 12.4. The number of aromatic nitrogens is 1. The molecule has 0 bridgehead atoms. The van der Waals surface area contributed by atoms with Gasteiger partial charge < -0.3 is 0 Å². The third-order valence-electron chi connectivity index (χ3n) is 4.25. The Bertz CT molecular complexity index is 1060. The molecule has 0 radical (unpaired) electrons. The lowest BCUT2D eigenvalue weighted by molar-refractivity contribution is -0.384. The van der Waals surface area contributed by atoms with Crippen LogP contribution in [0.3, 0.4) is 0 Å². The number of hydrogen-bond donors (Lipinski definition) is 1. The van der Waals surface area contributed by atoms with Gasteiger partial charge in [0.15, 0.2) is 5.13 Å². The van der Waals surface area contributed by atoms with Gasteiger partial charge in [0.25, 0.3) is 11.6 Å². The van der Waals surface area contributed by atoms with Gasteiger partial charge in [-0.2, -0.15) is 0 Å². The van der Waals surface area contributed by atoms with Gasteiger partial charge >= 0.3 is 0 Å². The molecule has 3 aromatic rings. The molecule has 0 saturated heterocycles. The zero-order valence-corrected chi connectivity index (χ0v) is 16.4. The number of nitrogens with one attached hydrogen (secondary N) is 1. The summed E-state index contributed by atoms with van der Waals surface area (Å²) in [5, 5.41) is 15.9. The molecule has 8 heteroatoms. The molecule has 0 fully saturated rings. The van der Waals surface area contributed by atoms with Gasteiger partial charge in [-0.1, -0.05) is 17.7 Å². The Balaban J connectivity index is 1.84. The van der Waals surface area contributed by atoms with E-state index >= 15 is 0 Å². The van der Waals surface area contributed by atoms with Crippen LogP contribution in [0.2, 0.25) is 5.02 Å². The average molecular weight is 402 g/mol. The molecule has 0 aliphatic heterocycles. The molecule has 1 aromatic heterocycles. The predicted octanol–water partition coefficient (Wildman–Crippen LogP) is 5.55. The van der Waals surface area contributed by atoms with Gasteiger partial charge in [0.1, 0.15) is 5.02 Å². The number of carbonyl (C=O) groups excluding carboxylic acids is 1. The number of carbonyl (C=O) groups is 1. The number of amides is 1. The predicted molar refractivity (Wildman–Crippen MR) is 108 cm³/mol. The highest BCUT2D eigenvalue weighted by Gasteiger charge is 2.17. The van der Waals surface area contributed by atoms with Crippen molar-refractivity contribution in [2.75, 3.05) is 5.32 Å². The first kappa shape index (κ1) is 19.0. The fourth-order valence-corrected chi connectivity index (χ4v) is 3.55. The number of anilines is 1. The van der Waals surface area contributed by atoms with Gasteiger partial charge in [-0.15, -0.1) is 11.3 Å². The summed E-state index contributed by atoms with van der Waals surface area (Å²) in [7, 11) is 0. The summed E-state index contributed by atoms with van der Waals surface area (Å²) in [5.41, 5.74) is 5.11. The second-order valence-electron chi connectivity index (χ2n) is 6.17. The molecule has 1 N–H and O–H groups in total. The Kier molecular flexibility index (Phi) is 5.25. The van der Waals surface area contributed by atoms with E-state index in [1.54, 1.807) is 0 Å². The number of nitro groups is 1. The smallest absolute Gasteiger partial charge is 0.288 e. The zero-order valence-electron chi connectivity index (χ0n) is 14.9. The van der Waals surface area contributed by atoms with Gasteiger partial charge in [0.05, 0.1) is 10.6 Å². The first-order chi connectivity index (χ1) is 12.8. The highest BCUT2D eigenvalue weighted by atomic mass is 35.5. The summed E-state index contributed by atoms with van der Waals surface area (Å²) in [6.07, 6.45) is 0. The first-order valence-electron chi connectivity index (χ1n) is 8.05. The number of aryl methyl sites for hydroxylation is 3.